The van der Waals surface area contributed by atoms with Gasteiger partial charge in [-0.25, -0.2) is 0 Å². The van der Waals surface area contributed by atoms with Gasteiger partial charge in [-0.05, 0) is 11.6 Å². The van der Waals surface area contributed by atoms with Gasteiger partial charge in [0.05, 0.1) is 4.86 Å². The van der Waals surface area contributed by atoms with Gasteiger partial charge >= 0.3 is 0 Å². The summed E-state index contributed by atoms with van der Waals surface area (Å²) >= 11 is 8.89. The van der Waals surface area contributed by atoms with Gasteiger partial charge in [0.15, 0.2) is 5.78 Å². The summed E-state index contributed by atoms with van der Waals surface area (Å²) in [5.41, 5.74) is 4.26. The van der Waals surface area contributed by atoms with E-state index in [1.807, 2.05) is 42.5 Å². The van der Waals surface area contributed by atoms with Crippen LogP contribution in [-0.4, -0.2) is 10.6 Å². The fraction of sp³-hybridized carbons (Fsp3) is 0.0667. The molecule has 0 radical (unpaired) electrons. The molecule has 2 aromatic carbocycles. The molecule has 0 N–H and O–H groups in total. The van der Waals surface area contributed by atoms with E-state index in [9.17, 15) is 4.79 Å². The zero-order valence-corrected chi connectivity index (χ0v) is 11.8. The van der Waals surface area contributed by atoms with E-state index in [4.69, 9.17) is 12.2 Å². The van der Waals surface area contributed by atoms with E-state index in [0.717, 1.165) is 32.4 Å². The number of hydrogen-bond donors (Lipinski definition) is 0. The molecular weight excluding hydrogens is 308 g/mol. The number of fused-ring (bicyclic) bond motifs is 2. The highest BCUT2D eigenvalue weighted by atomic mass is 79.9. The fourth-order valence-corrected chi connectivity index (χ4v) is 2.93. The first-order valence-corrected chi connectivity index (χ1v) is 7.12. The molecule has 2 aromatic rings. The van der Waals surface area contributed by atoms with Crippen LogP contribution in [0.4, 0.5) is 0 Å². The van der Waals surface area contributed by atoms with Gasteiger partial charge in [0, 0.05) is 27.6 Å². The smallest absolute Gasteiger partial charge is 0.194 e. The summed E-state index contributed by atoms with van der Waals surface area (Å²) in [6.45, 7) is 0. The summed E-state index contributed by atoms with van der Waals surface area (Å²) in [5, 5.41) is 0.738. The van der Waals surface area contributed by atoms with Crippen molar-refractivity contribution >= 4 is 38.8 Å². The molecule has 0 fully saturated rings. The third-order valence-corrected chi connectivity index (χ3v) is 4.23. The third-order valence-electron chi connectivity index (χ3n) is 3.14. The Balaban J connectivity index is 2.27. The molecule has 0 bridgehead atoms. The Morgan fingerprint density at radius 1 is 0.944 bits per heavy atom. The van der Waals surface area contributed by atoms with Gasteiger partial charge in [0.2, 0.25) is 0 Å². The van der Waals surface area contributed by atoms with Crippen molar-refractivity contribution in [2.24, 2.45) is 0 Å². The molecule has 0 aromatic heterocycles. The lowest BCUT2D eigenvalue weighted by Crippen LogP contribution is -2.20. The maximum Gasteiger partial charge on any atom is 0.194 e. The van der Waals surface area contributed by atoms with Crippen molar-refractivity contribution in [3.05, 3.63) is 70.3 Å². The molecule has 1 aliphatic carbocycles. The minimum Gasteiger partial charge on any atom is -0.289 e. The lowest BCUT2D eigenvalue weighted by molar-refractivity contribution is 0.103. The van der Waals surface area contributed by atoms with E-state index in [-0.39, 0.29) is 5.78 Å². The molecule has 0 saturated carbocycles. The second-order valence-corrected chi connectivity index (χ2v) is 5.19. The first-order chi connectivity index (χ1) is 8.72. The first kappa shape index (κ1) is 11.8. The predicted molar refractivity (Wildman–Crippen MR) is 79.7 cm³/mol. The maximum atomic E-state index is 12.4. The standard InChI is InChI=1S/C15H9BrOS/c16-8-9-5-6-12-13(7-9)14(17)10-3-1-2-4-11(10)15(12)18/h1-7H,8H2. The van der Waals surface area contributed by atoms with Crippen molar-refractivity contribution in [3.63, 3.8) is 0 Å². The van der Waals surface area contributed by atoms with Crippen LogP contribution in [0.15, 0.2) is 42.5 Å². The summed E-state index contributed by atoms with van der Waals surface area (Å²) in [6.07, 6.45) is 0. The number of carbonyl (C=O) groups excluding carboxylic acids is 1. The Kier molecular flexibility index (Phi) is 2.88. The quantitative estimate of drug-likeness (QED) is 0.500. The molecule has 0 aliphatic heterocycles. The second-order valence-electron chi connectivity index (χ2n) is 4.22. The van der Waals surface area contributed by atoms with Crippen molar-refractivity contribution in [1.82, 2.24) is 0 Å². The average Bonchev–Trinajstić information content (AvgIpc) is 2.44. The van der Waals surface area contributed by atoms with Crippen LogP contribution in [0.25, 0.3) is 0 Å². The molecule has 1 nitrogen and oxygen atoms in total. The van der Waals surface area contributed by atoms with Crippen LogP contribution >= 0.6 is 28.1 Å². The fourth-order valence-electron chi connectivity index (χ4n) is 2.23. The summed E-state index contributed by atoms with van der Waals surface area (Å²) in [6, 6.07) is 13.4. The van der Waals surface area contributed by atoms with Crippen LogP contribution < -0.4 is 0 Å². The summed E-state index contributed by atoms with van der Waals surface area (Å²) in [5.74, 6) is 0.0667. The highest BCUT2D eigenvalue weighted by Gasteiger charge is 2.26. The molecule has 0 spiro atoms. The van der Waals surface area contributed by atoms with Crippen LogP contribution in [0, 0.1) is 0 Å². The first-order valence-electron chi connectivity index (χ1n) is 5.59. The zero-order valence-electron chi connectivity index (χ0n) is 9.44. The summed E-state index contributed by atoms with van der Waals surface area (Å²) in [7, 11) is 0. The van der Waals surface area contributed by atoms with Gasteiger partial charge in [-0.1, -0.05) is 64.5 Å². The van der Waals surface area contributed by atoms with Gasteiger partial charge in [0.1, 0.15) is 0 Å². The van der Waals surface area contributed by atoms with E-state index in [2.05, 4.69) is 15.9 Å². The van der Waals surface area contributed by atoms with Crippen molar-refractivity contribution in [2.75, 3.05) is 0 Å². The molecule has 0 heterocycles. The Bertz CT molecular complexity index is 676. The van der Waals surface area contributed by atoms with Gasteiger partial charge in [0.25, 0.3) is 0 Å². The topological polar surface area (TPSA) is 17.1 Å². The monoisotopic (exact) mass is 316 g/mol. The molecule has 1 aliphatic rings. The normalized spacial score (nSPS) is 13.2. The van der Waals surface area contributed by atoms with Gasteiger partial charge < -0.3 is 0 Å². The zero-order chi connectivity index (χ0) is 12.7. The molecule has 3 heteroatoms. The average molecular weight is 317 g/mol. The van der Waals surface area contributed by atoms with Crippen LogP contribution in [0.1, 0.15) is 32.6 Å². The molecule has 0 atom stereocenters. The number of halogens is 1. The SMILES string of the molecule is O=C1c2ccccc2C(=S)c2ccc(CBr)cc21. The Morgan fingerprint density at radius 2 is 1.61 bits per heavy atom. The number of thiocarbonyl (C=S) groups is 1. The number of rotatable bonds is 1. The summed E-state index contributed by atoms with van der Waals surface area (Å²) < 4.78 is 0. The molecule has 88 valence electrons. The lowest BCUT2D eigenvalue weighted by atomic mass is 9.84. The largest absolute Gasteiger partial charge is 0.289 e. The van der Waals surface area contributed by atoms with Crippen LogP contribution in [0.2, 0.25) is 0 Å². The minimum absolute atomic E-state index is 0.0667. The Hall–Kier alpha value is -1.32. The van der Waals surface area contributed by atoms with E-state index in [1.165, 1.54) is 0 Å². The highest BCUT2D eigenvalue weighted by molar-refractivity contribution is 9.08. The maximum absolute atomic E-state index is 12.4. The number of benzene rings is 2. The van der Waals surface area contributed by atoms with Gasteiger partial charge in [-0.15, -0.1) is 0 Å². The number of alkyl halides is 1. The number of carbonyl (C=O) groups is 1. The summed E-state index contributed by atoms with van der Waals surface area (Å²) in [4.78, 5) is 13.2. The van der Waals surface area contributed by atoms with Crippen LogP contribution in [-0.2, 0) is 5.33 Å². The molecule has 0 unspecified atom stereocenters. The van der Waals surface area contributed by atoms with Gasteiger partial charge in [-0.2, -0.15) is 0 Å². The molecule has 0 saturated heterocycles. The van der Waals surface area contributed by atoms with Gasteiger partial charge in [-0.3, -0.25) is 4.79 Å². The third kappa shape index (κ3) is 1.66. The molecule has 0 amide bonds. The van der Waals surface area contributed by atoms with E-state index < -0.39 is 0 Å². The minimum atomic E-state index is 0.0667. The van der Waals surface area contributed by atoms with E-state index >= 15 is 0 Å². The van der Waals surface area contributed by atoms with E-state index in [0.29, 0.717) is 5.56 Å². The highest BCUT2D eigenvalue weighted by Crippen LogP contribution is 2.28. The Labute approximate surface area is 119 Å². The van der Waals surface area contributed by atoms with Crippen molar-refractivity contribution < 1.29 is 4.79 Å². The van der Waals surface area contributed by atoms with Crippen molar-refractivity contribution in [1.29, 1.82) is 0 Å². The second kappa shape index (κ2) is 4.41. The molecule has 3 rings (SSSR count). The lowest BCUT2D eigenvalue weighted by Gasteiger charge is -2.19. The molecular formula is C15H9BrOS. The van der Waals surface area contributed by atoms with Crippen molar-refractivity contribution in [3.8, 4) is 0 Å². The predicted octanol–water partition coefficient (Wildman–Crippen LogP) is 3.89. The van der Waals surface area contributed by atoms with Crippen LogP contribution in [0.3, 0.4) is 0 Å². The number of hydrogen-bond acceptors (Lipinski definition) is 2. The van der Waals surface area contributed by atoms with E-state index in [1.54, 1.807) is 0 Å². The Morgan fingerprint density at radius 3 is 2.33 bits per heavy atom. The van der Waals surface area contributed by atoms with Crippen molar-refractivity contribution in [2.45, 2.75) is 5.33 Å². The number of ketones is 1. The van der Waals surface area contributed by atoms with Crippen LogP contribution in [0.5, 0.6) is 0 Å². The molecule has 18 heavy (non-hydrogen) atoms.